The van der Waals surface area contributed by atoms with E-state index in [0.717, 1.165) is 29.3 Å². The Hall–Kier alpha value is -1.75. The molecule has 0 amide bonds. The van der Waals surface area contributed by atoms with E-state index < -0.39 is 0 Å². The minimum Gasteiger partial charge on any atom is -0.461 e. The Morgan fingerprint density at radius 1 is 1.35 bits per heavy atom. The Morgan fingerprint density at radius 2 is 2.35 bits per heavy atom. The molecule has 0 bridgehead atoms. The zero-order valence-corrected chi connectivity index (χ0v) is 11.8. The maximum atomic E-state index is 5.54. The van der Waals surface area contributed by atoms with E-state index in [0.29, 0.717) is 5.25 Å². The predicted octanol–water partition coefficient (Wildman–Crippen LogP) is 3.59. The van der Waals surface area contributed by atoms with Crippen molar-refractivity contribution in [3.05, 3.63) is 36.7 Å². The Labute approximate surface area is 121 Å². The maximum Gasteiger partial charge on any atom is 0.178 e. The third-order valence-corrected chi connectivity index (χ3v) is 5.04. The van der Waals surface area contributed by atoms with Gasteiger partial charge in [0.1, 0.15) is 5.52 Å². The van der Waals surface area contributed by atoms with E-state index in [1.165, 1.54) is 18.6 Å². The molecule has 1 aliphatic rings. The fourth-order valence-corrected chi connectivity index (χ4v) is 3.97. The van der Waals surface area contributed by atoms with Gasteiger partial charge >= 0.3 is 0 Å². The summed E-state index contributed by atoms with van der Waals surface area (Å²) in [5, 5.41) is 0.656. The molecule has 0 aromatic carbocycles. The molecule has 102 valence electrons. The highest BCUT2D eigenvalue weighted by atomic mass is 32.2. The number of furan rings is 1. The molecule has 5 heteroatoms. The predicted molar refractivity (Wildman–Crippen MR) is 80.7 cm³/mol. The highest BCUT2D eigenvalue weighted by Crippen LogP contribution is 2.31. The van der Waals surface area contributed by atoms with Crippen molar-refractivity contribution in [2.24, 2.45) is 0 Å². The second-order valence-electron chi connectivity index (χ2n) is 5.00. The smallest absolute Gasteiger partial charge is 0.178 e. The lowest BCUT2D eigenvalue weighted by molar-refractivity contribution is 0.566. The van der Waals surface area contributed by atoms with Crippen LogP contribution in [0.4, 0.5) is 0 Å². The van der Waals surface area contributed by atoms with Crippen molar-refractivity contribution in [3.8, 4) is 11.6 Å². The number of hydrogen-bond acceptors (Lipinski definition) is 4. The van der Waals surface area contributed by atoms with Gasteiger partial charge in [-0.2, -0.15) is 11.8 Å². The van der Waals surface area contributed by atoms with Gasteiger partial charge in [-0.1, -0.05) is 0 Å². The minimum absolute atomic E-state index is 0.656. The Kier molecular flexibility index (Phi) is 2.99. The first-order valence-corrected chi connectivity index (χ1v) is 7.93. The highest BCUT2D eigenvalue weighted by Gasteiger charge is 2.21. The fourth-order valence-electron chi connectivity index (χ4n) is 2.72. The molecule has 0 radical (unpaired) electrons. The maximum absolute atomic E-state index is 5.54. The molecule has 3 aromatic rings. The lowest BCUT2D eigenvalue weighted by Crippen LogP contribution is -2.11. The number of aromatic nitrogens is 3. The summed E-state index contributed by atoms with van der Waals surface area (Å²) in [4.78, 5) is 9.20. The van der Waals surface area contributed by atoms with Gasteiger partial charge in [0.25, 0.3) is 0 Å². The van der Waals surface area contributed by atoms with Crippen LogP contribution in [0.25, 0.3) is 22.7 Å². The summed E-state index contributed by atoms with van der Waals surface area (Å²) in [6, 6.07) is 7.79. The molecule has 0 spiro atoms. The average Bonchev–Trinajstić information content (AvgIpc) is 3.19. The zero-order valence-electron chi connectivity index (χ0n) is 11.0. The van der Waals surface area contributed by atoms with Gasteiger partial charge in [0.2, 0.25) is 0 Å². The molecule has 0 saturated carbocycles. The van der Waals surface area contributed by atoms with Crippen LogP contribution in [-0.2, 0) is 6.54 Å². The van der Waals surface area contributed by atoms with Crippen molar-refractivity contribution in [3.63, 3.8) is 0 Å². The van der Waals surface area contributed by atoms with Crippen LogP contribution < -0.4 is 0 Å². The number of nitrogens with zero attached hydrogens (tertiary/aromatic N) is 3. The van der Waals surface area contributed by atoms with Gasteiger partial charge in [-0.25, -0.2) is 9.97 Å². The van der Waals surface area contributed by atoms with Gasteiger partial charge in [-0.05, 0) is 42.9 Å². The number of fused-ring (bicyclic) bond motifs is 1. The standard InChI is InChI=1S/C15H15N3OS/c1-5-12-14(16-7-1)18(10-11-4-3-9-20-11)15(17-12)13-6-2-8-19-13/h1-2,5-8,11H,3-4,9-10H2. The topological polar surface area (TPSA) is 43.9 Å². The summed E-state index contributed by atoms with van der Waals surface area (Å²) in [6.45, 7) is 0.953. The number of pyridine rings is 1. The zero-order chi connectivity index (χ0) is 13.4. The van der Waals surface area contributed by atoms with Gasteiger partial charge in [-0.3, -0.25) is 0 Å². The molecule has 1 saturated heterocycles. The van der Waals surface area contributed by atoms with Gasteiger partial charge in [0, 0.05) is 18.0 Å². The van der Waals surface area contributed by atoms with Crippen LogP contribution in [0.5, 0.6) is 0 Å². The lowest BCUT2D eigenvalue weighted by Gasteiger charge is -2.12. The fraction of sp³-hybridized carbons (Fsp3) is 0.333. The van der Waals surface area contributed by atoms with Crippen molar-refractivity contribution in [2.75, 3.05) is 5.75 Å². The molecule has 4 rings (SSSR count). The Bertz CT molecular complexity index is 714. The van der Waals surface area contributed by atoms with E-state index >= 15 is 0 Å². The minimum atomic E-state index is 0.656. The van der Waals surface area contributed by atoms with E-state index in [4.69, 9.17) is 9.40 Å². The summed E-state index contributed by atoms with van der Waals surface area (Å²) in [5.41, 5.74) is 1.88. The van der Waals surface area contributed by atoms with E-state index in [1.807, 2.05) is 42.2 Å². The SMILES string of the molecule is c1coc(-c2nc3cccnc3n2CC2CCCS2)c1. The molecule has 0 N–H and O–H groups in total. The van der Waals surface area contributed by atoms with E-state index in [9.17, 15) is 0 Å². The Balaban J connectivity index is 1.84. The van der Waals surface area contributed by atoms with E-state index in [2.05, 4.69) is 9.55 Å². The summed E-state index contributed by atoms with van der Waals surface area (Å²) in [7, 11) is 0. The molecule has 1 atom stereocenters. The van der Waals surface area contributed by atoms with Gasteiger partial charge in [0.15, 0.2) is 17.2 Å². The highest BCUT2D eigenvalue weighted by molar-refractivity contribution is 8.00. The van der Waals surface area contributed by atoms with Crippen LogP contribution >= 0.6 is 11.8 Å². The largest absolute Gasteiger partial charge is 0.461 e. The first-order valence-electron chi connectivity index (χ1n) is 6.88. The average molecular weight is 285 g/mol. The van der Waals surface area contributed by atoms with Crippen molar-refractivity contribution in [2.45, 2.75) is 24.6 Å². The molecule has 1 fully saturated rings. The second-order valence-corrected chi connectivity index (χ2v) is 6.41. The lowest BCUT2D eigenvalue weighted by atomic mass is 10.2. The number of rotatable bonds is 3. The first-order chi connectivity index (χ1) is 9.92. The van der Waals surface area contributed by atoms with Crippen LogP contribution in [0.1, 0.15) is 12.8 Å². The molecule has 0 aliphatic carbocycles. The third kappa shape index (κ3) is 2.02. The molecule has 3 aromatic heterocycles. The third-order valence-electron chi connectivity index (χ3n) is 3.66. The molecule has 4 heterocycles. The number of thioether (sulfide) groups is 1. The van der Waals surface area contributed by atoms with Gasteiger partial charge in [-0.15, -0.1) is 0 Å². The van der Waals surface area contributed by atoms with Crippen LogP contribution in [0.2, 0.25) is 0 Å². The summed E-state index contributed by atoms with van der Waals surface area (Å²) >= 11 is 2.05. The molecule has 4 nitrogen and oxygen atoms in total. The first kappa shape index (κ1) is 12.0. The molecule has 1 unspecified atom stereocenters. The van der Waals surface area contributed by atoms with Crippen LogP contribution in [0, 0.1) is 0 Å². The van der Waals surface area contributed by atoms with Crippen molar-refractivity contribution < 1.29 is 4.42 Å². The number of imidazole rings is 1. The van der Waals surface area contributed by atoms with Crippen LogP contribution in [0.15, 0.2) is 41.1 Å². The van der Waals surface area contributed by atoms with Gasteiger partial charge in [0.05, 0.1) is 6.26 Å². The Morgan fingerprint density at radius 3 is 3.15 bits per heavy atom. The summed E-state index contributed by atoms with van der Waals surface area (Å²) < 4.78 is 7.74. The van der Waals surface area contributed by atoms with Gasteiger partial charge < -0.3 is 8.98 Å². The van der Waals surface area contributed by atoms with E-state index in [-0.39, 0.29) is 0 Å². The molecular weight excluding hydrogens is 270 g/mol. The van der Waals surface area contributed by atoms with Crippen molar-refractivity contribution in [1.29, 1.82) is 0 Å². The van der Waals surface area contributed by atoms with Crippen LogP contribution in [-0.4, -0.2) is 25.5 Å². The van der Waals surface area contributed by atoms with E-state index in [1.54, 1.807) is 6.26 Å². The van der Waals surface area contributed by atoms with Crippen LogP contribution in [0.3, 0.4) is 0 Å². The monoisotopic (exact) mass is 285 g/mol. The second kappa shape index (κ2) is 4.98. The quantitative estimate of drug-likeness (QED) is 0.737. The molecular formula is C15H15N3OS. The summed E-state index contributed by atoms with van der Waals surface area (Å²) in [5.74, 6) is 2.96. The summed E-state index contributed by atoms with van der Waals surface area (Å²) in [6.07, 6.45) is 6.10. The van der Waals surface area contributed by atoms with Crippen molar-refractivity contribution >= 4 is 22.9 Å². The number of hydrogen-bond donors (Lipinski definition) is 0. The normalized spacial score (nSPS) is 18.9. The van der Waals surface area contributed by atoms with Crippen molar-refractivity contribution in [1.82, 2.24) is 14.5 Å². The molecule has 20 heavy (non-hydrogen) atoms. The molecule has 1 aliphatic heterocycles.